The zero-order chi connectivity index (χ0) is 14.1. The number of fused-ring (bicyclic) bond motifs is 1. The fraction of sp³-hybridized carbons (Fsp3) is 0.467. The first-order valence-corrected chi connectivity index (χ1v) is 6.90. The molecule has 0 aromatic heterocycles. The molecular formula is C15H17NO4. The molecule has 1 fully saturated rings. The Kier molecular flexibility index (Phi) is 3.44. The first-order valence-electron chi connectivity index (χ1n) is 6.90. The molecule has 2 aliphatic rings. The van der Waals surface area contributed by atoms with Gasteiger partial charge in [0.05, 0.1) is 13.2 Å². The SMILES string of the molecule is O=C(O)C1COCCN1C(=O)c1ccc2c(c1)CCC2. The molecule has 1 saturated heterocycles. The summed E-state index contributed by atoms with van der Waals surface area (Å²) in [5, 5.41) is 9.19. The van der Waals surface area contributed by atoms with Crippen molar-refractivity contribution >= 4 is 11.9 Å². The van der Waals surface area contributed by atoms with Crippen molar-refractivity contribution in [3.63, 3.8) is 0 Å². The summed E-state index contributed by atoms with van der Waals surface area (Å²) in [6, 6.07) is 4.83. The van der Waals surface area contributed by atoms with Crippen LogP contribution in [0.1, 0.15) is 27.9 Å². The molecule has 20 heavy (non-hydrogen) atoms. The number of ether oxygens (including phenoxy) is 1. The number of hydrogen-bond acceptors (Lipinski definition) is 3. The number of carbonyl (C=O) groups excluding carboxylic acids is 1. The summed E-state index contributed by atoms with van der Waals surface area (Å²) in [5.74, 6) is -1.23. The summed E-state index contributed by atoms with van der Waals surface area (Å²) < 4.78 is 5.16. The zero-order valence-corrected chi connectivity index (χ0v) is 11.2. The van der Waals surface area contributed by atoms with Crippen molar-refractivity contribution in [2.24, 2.45) is 0 Å². The highest BCUT2D eigenvalue weighted by Crippen LogP contribution is 2.24. The first kappa shape index (κ1) is 13.1. The maximum Gasteiger partial charge on any atom is 0.328 e. The maximum absolute atomic E-state index is 12.5. The van der Waals surface area contributed by atoms with Crippen molar-refractivity contribution in [1.29, 1.82) is 0 Å². The van der Waals surface area contributed by atoms with Crippen molar-refractivity contribution in [3.8, 4) is 0 Å². The molecule has 1 aliphatic carbocycles. The number of carbonyl (C=O) groups is 2. The third kappa shape index (κ3) is 2.29. The largest absolute Gasteiger partial charge is 0.480 e. The number of nitrogens with zero attached hydrogens (tertiary/aromatic N) is 1. The molecule has 0 saturated carbocycles. The number of aryl methyl sites for hydroxylation is 2. The third-order valence-electron chi connectivity index (χ3n) is 4.02. The number of carboxylic acid groups (broad SMARTS) is 1. The van der Waals surface area contributed by atoms with Crippen LogP contribution < -0.4 is 0 Å². The lowest BCUT2D eigenvalue weighted by atomic mass is 10.0. The smallest absolute Gasteiger partial charge is 0.328 e. The van der Waals surface area contributed by atoms with Gasteiger partial charge >= 0.3 is 5.97 Å². The minimum absolute atomic E-state index is 0.0615. The number of amides is 1. The molecule has 1 amide bonds. The highest BCUT2D eigenvalue weighted by atomic mass is 16.5. The van der Waals surface area contributed by atoms with Gasteiger partial charge in [0.1, 0.15) is 0 Å². The predicted octanol–water partition coefficient (Wildman–Crippen LogP) is 1.10. The molecule has 1 atom stereocenters. The number of hydrogen-bond donors (Lipinski definition) is 1. The second-order valence-corrected chi connectivity index (χ2v) is 5.26. The molecule has 0 radical (unpaired) electrons. The van der Waals surface area contributed by atoms with Crippen LogP contribution in [0.15, 0.2) is 18.2 Å². The van der Waals surface area contributed by atoms with E-state index in [1.165, 1.54) is 16.0 Å². The van der Waals surface area contributed by atoms with Crippen LogP contribution in [0.2, 0.25) is 0 Å². The Labute approximate surface area is 117 Å². The van der Waals surface area contributed by atoms with Gasteiger partial charge in [-0.1, -0.05) is 6.07 Å². The van der Waals surface area contributed by atoms with E-state index >= 15 is 0 Å². The van der Waals surface area contributed by atoms with Crippen LogP contribution in [0.4, 0.5) is 0 Å². The molecular weight excluding hydrogens is 258 g/mol. The average Bonchev–Trinajstić information content (AvgIpc) is 2.93. The predicted molar refractivity (Wildman–Crippen MR) is 71.7 cm³/mol. The highest BCUT2D eigenvalue weighted by molar-refractivity contribution is 5.97. The van der Waals surface area contributed by atoms with Crippen molar-refractivity contribution in [2.75, 3.05) is 19.8 Å². The fourth-order valence-corrected chi connectivity index (χ4v) is 2.92. The van der Waals surface area contributed by atoms with E-state index < -0.39 is 12.0 Å². The van der Waals surface area contributed by atoms with Crippen molar-refractivity contribution in [2.45, 2.75) is 25.3 Å². The van der Waals surface area contributed by atoms with Gasteiger partial charge in [-0.05, 0) is 42.5 Å². The van der Waals surface area contributed by atoms with E-state index in [9.17, 15) is 14.7 Å². The Morgan fingerprint density at radius 3 is 2.85 bits per heavy atom. The molecule has 1 aromatic rings. The Hall–Kier alpha value is -1.88. The van der Waals surface area contributed by atoms with Crippen LogP contribution >= 0.6 is 0 Å². The maximum atomic E-state index is 12.5. The van der Waals surface area contributed by atoms with Crippen molar-refractivity contribution < 1.29 is 19.4 Å². The number of benzene rings is 1. The Morgan fingerprint density at radius 1 is 1.25 bits per heavy atom. The molecule has 5 heteroatoms. The monoisotopic (exact) mass is 275 g/mol. The van der Waals surface area contributed by atoms with Crippen LogP contribution in [0, 0.1) is 0 Å². The van der Waals surface area contributed by atoms with Gasteiger partial charge in [0.15, 0.2) is 6.04 Å². The second kappa shape index (κ2) is 5.25. The lowest BCUT2D eigenvalue weighted by Gasteiger charge is -2.33. The van der Waals surface area contributed by atoms with E-state index in [0.717, 1.165) is 19.3 Å². The van der Waals surface area contributed by atoms with E-state index in [1.807, 2.05) is 12.1 Å². The van der Waals surface area contributed by atoms with Gasteiger partial charge in [-0.15, -0.1) is 0 Å². The third-order valence-corrected chi connectivity index (χ3v) is 4.02. The van der Waals surface area contributed by atoms with Crippen molar-refractivity contribution in [3.05, 3.63) is 34.9 Å². The highest BCUT2D eigenvalue weighted by Gasteiger charge is 2.33. The molecule has 106 valence electrons. The van der Waals surface area contributed by atoms with E-state index in [-0.39, 0.29) is 12.5 Å². The topological polar surface area (TPSA) is 66.8 Å². The Bertz CT molecular complexity index is 555. The average molecular weight is 275 g/mol. The van der Waals surface area contributed by atoms with E-state index in [2.05, 4.69) is 0 Å². The number of morpholine rings is 1. The van der Waals surface area contributed by atoms with Crippen LogP contribution in [0.3, 0.4) is 0 Å². The van der Waals surface area contributed by atoms with Gasteiger partial charge in [-0.3, -0.25) is 4.79 Å². The molecule has 5 nitrogen and oxygen atoms in total. The van der Waals surface area contributed by atoms with Gasteiger partial charge in [0.2, 0.25) is 0 Å². The number of carboxylic acids is 1. The van der Waals surface area contributed by atoms with E-state index in [1.54, 1.807) is 6.07 Å². The molecule has 1 unspecified atom stereocenters. The lowest BCUT2D eigenvalue weighted by Crippen LogP contribution is -2.52. The van der Waals surface area contributed by atoms with Crippen LogP contribution in [0.25, 0.3) is 0 Å². The van der Waals surface area contributed by atoms with Crippen molar-refractivity contribution in [1.82, 2.24) is 4.90 Å². The zero-order valence-electron chi connectivity index (χ0n) is 11.2. The summed E-state index contributed by atoms with van der Waals surface area (Å²) >= 11 is 0. The second-order valence-electron chi connectivity index (χ2n) is 5.26. The van der Waals surface area contributed by atoms with E-state index in [0.29, 0.717) is 18.7 Å². The van der Waals surface area contributed by atoms with Gasteiger partial charge in [0, 0.05) is 12.1 Å². The summed E-state index contributed by atoms with van der Waals surface area (Å²) in [4.78, 5) is 25.1. The lowest BCUT2D eigenvalue weighted by molar-refractivity contribution is -0.147. The first-order chi connectivity index (χ1) is 9.66. The Morgan fingerprint density at radius 2 is 2.05 bits per heavy atom. The molecule has 1 aromatic carbocycles. The summed E-state index contributed by atoms with van der Waals surface area (Å²) in [6.45, 7) is 0.777. The van der Waals surface area contributed by atoms with Gasteiger partial charge in [-0.25, -0.2) is 4.79 Å². The fourth-order valence-electron chi connectivity index (χ4n) is 2.92. The molecule has 1 N–H and O–H groups in total. The van der Waals surface area contributed by atoms with E-state index in [4.69, 9.17) is 4.74 Å². The summed E-state index contributed by atoms with van der Waals surface area (Å²) in [7, 11) is 0. The summed E-state index contributed by atoms with van der Waals surface area (Å²) in [5.41, 5.74) is 3.10. The minimum Gasteiger partial charge on any atom is -0.480 e. The van der Waals surface area contributed by atoms with Crippen LogP contribution in [-0.2, 0) is 22.4 Å². The molecule has 0 spiro atoms. The molecule has 1 heterocycles. The van der Waals surface area contributed by atoms with Gasteiger partial charge in [0.25, 0.3) is 5.91 Å². The quantitative estimate of drug-likeness (QED) is 0.877. The normalized spacial score (nSPS) is 21.6. The molecule has 1 aliphatic heterocycles. The van der Waals surface area contributed by atoms with Gasteiger partial charge < -0.3 is 14.7 Å². The Balaban J connectivity index is 1.85. The van der Waals surface area contributed by atoms with Crippen LogP contribution in [-0.4, -0.2) is 47.7 Å². The minimum atomic E-state index is -1.01. The summed E-state index contributed by atoms with van der Waals surface area (Å²) in [6.07, 6.45) is 3.20. The number of rotatable bonds is 2. The number of aliphatic carboxylic acids is 1. The molecule has 3 rings (SSSR count). The standard InChI is InChI=1S/C15H17NO4/c17-14(16-6-7-20-9-13(16)15(18)19)12-5-4-10-2-1-3-11(10)8-12/h4-5,8,13H,1-3,6-7,9H2,(H,18,19). The molecule has 0 bridgehead atoms. The van der Waals surface area contributed by atoms with Gasteiger partial charge in [-0.2, -0.15) is 0 Å². The van der Waals surface area contributed by atoms with Crippen LogP contribution in [0.5, 0.6) is 0 Å².